The second kappa shape index (κ2) is 6.36. The van der Waals surface area contributed by atoms with E-state index in [4.69, 9.17) is 4.74 Å². The van der Waals surface area contributed by atoms with Crippen LogP contribution < -0.4 is 9.46 Å². The molecule has 8 nitrogen and oxygen atoms in total. The van der Waals surface area contributed by atoms with Crippen LogP contribution in [0, 0.1) is 10.1 Å². The van der Waals surface area contributed by atoms with Gasteiger partial charge >= 0.3 is 5.69 Å². The van der Waals surface area contributed by atoms with E-state index in [-0.39, 0.29) is 16.3 Å². The third kappa shape index (κ3) is 3.36. The molecule has 0 aliphatic rings. The van der Waals surface area contributed by atoms with Crippen molar-refractivity contribution in [3.05, 3.63) is 64.8 Å². The monoisotopic (exact) mass is 359 g/mol. The zero-order valence-electron chi connectivity index (χ0n) is 13.0. The smallest absolute Gasteiger partial charge is 0.312 e. The van der Waals surface area contributed by atoms with Crippen LogP contribution in [0.2, 0.25) is 0 Å². The van der Waals surface area contributed by atoms with Crippen LogP contribution in [0.3, 0.4) is 0 Å². The molecule has 25 heavy (non-hydrogen) atoms. The number of nitro benzene ring substituents is 1. The van der Waals surface area contributed by atoms with E-state index in [2.05, 4.69) is 9.71 Å². The van der Waals surface area contributed by atoms with Crippen molar-refractivity contribution in [1.82, 2.24) is 4.98 Å². The molecule has 9 heteroatoms. The fourth-order valence-corrected chi connectivity index (χ4v) is 3.37. The Morgan fingerprint density at radius 3 is 2.64 bits per heavy atom. The van der Waals surface area contributed by atoms with Crippen LogP contribution in [0.1, 0.15) is 0 Å². The molecule has 1 N–H and O–H groups in total. The summed E-state index contributed by atoms with van der Waals surface area (Å²) < 4.78 is 32.3. The van der Waals surface area contributed by atoms with E-state index in [9.17, 15) is 18.5 Å². The highest BCUT2D eigenvalue weighted by atomic mass is 32.2. The molecule has 0 unspecified atom stereocenters. The number of fused-ring (bicyclic) bond motifs is 1. The van der Waals surface area contributed by atoms with Crippen LogP contribution in [-0.2, 0) is 10.0 Å². The SMILES string of the molecule is COc1ccc(S(=O)(=O)Nc2cnc3ccccc3c2)cc1[N+](=O)[O-]. The average Bonchev–Trinajstić information content (AvgIpc) is 2.60. The van der Waals surface area contributed by atoms with Crippen molar-refractivity contribution in [2.45, 2.75) is 4.90 Å². The molecule has 128 valence electrons. The zero-order chi connectivity index (χ0) is 18.0. The minimum Gasteiger partial charge on any atom is -0.490 e. The normalized spacial score (nSPS) is 11.2. The van der Waals surface area contributed by atoms with E-state index in [0.29, 0.717) is 0 Å². The molecule has 0 saturated carbocycles. The molecule has 0 bridgehead atoms. The van der Waals surface area contributed by atoms with Gasteiger partial charge in [-0.1, -0.05) is 18.2 Å². The highest BCUT2D eigenvalue weighted by Crippen LogP contribution is 2.30. The Kier molecular flexibility index (Phi) is 4.24. The summed E-state index contributed by atoms with van der Waals surface area (Å²) >= 11 is 0. The van der Waals surface area contributed by atoms with Crippen molar-refractivity contribution >= 4 is 32.3 Å². The van der Waals surface area contributed by atoms with Crippen molar-refractivity contribution in [2.24, 2.45) is 0 Å². The van der Waals surface area contributed by atoms with Gasteiger partial charge < -0.3 is 4.74 Å². The zero-order valence-corrected chi connectivity index (χ0v) is 13.9. The van der Waals surface area contributed by atoms with Crippen molar-refractivity contribution in [3.63, 3.8) is 0 Å². The van der Waals surface area contributed by atoms with E-state index >= 15 is 0 Å². The second-order valence-corrected chi connectivity index (χ2v) is 6.80. The van der Waals surface area contributed by atoms with E-state index in [1.54, 1.807) is 18.2 Å². The molecule has 0 atom stereocenters. The van der Waals surface area contributed by atoms with Crippen molar-refractivity contribution in [1.29, 1.82) is 0 Å². The van der Waals surface area contributed by atoms with Gasteiger partial charge in [0.05, 0.1) is 34.3 Å². The van der Waals surface area contributed by atoms with Gasteiger partial charge in [-0.25, -0.2) is 8.42 Å². The number of hydrogen-bond donors (Lipinski definition) is 1. The molecule has 0 radical (unpaired) electrons. The van der Waals surface area contributed by atoms with Gasteiger partial charge in [-0.3, -0.25) is 19.8 Å². The summed E-state index contributed by atoms with van der Waals surface area (Å²) in [5, 5.41) is 11.8. The minimum atomic E-state index is -4.01. The number of rotatable bonds is 5. The average molecular weight is 359 g/mol. The number of hydrogen-bond acceptors (Lipinski definition) is 6. The Labute approximate surface area is 143 Å². The lowest BCUT2D eigenvalue weighted by Gasteiger charge is -2.09. The fraction of sp³-hybridized carbons (Fsp3) is 0.0625. The molecule has 1 aromatic heterocycles. The molecule has 1 heterocycles. The molecule has 0 fully saturated rings. The summed E-state index contributed by atoms with van der Waals surface area (Å²) in [6.45, 7) is 0. The number of methoxy groups -OCH3 is 1. The Hall–Kier alpha value is -3.20. The van der Waals surface area contributed by atoms with Gasteiger partial charge in [0.25, 0.3) is 10.0 Å². The summed E-state index contributed by atoms with van der Waals surface area (Å²) in [4.78, 5) is 14.3. The van der Waals surface area contributed by atoms with Crippen molar-refractivity contribution in [2.75, 3.05) is 11.8 Å². The molecule has 2 aromatic carbocycles. The van der Waals surface area contributed by atoms with E-state index in [1.165, 1.54) is 25.4 Å². The summed E-state index contributed by atoms with van der Waals surface area (Å²) in [6, 6.07) is 12.3. The van der Waals surface area contributed by atoms with Gasteiger partial charge in [0.1, 0.15) is 0 Å². The Morgan fingerprint density at radius 2 is 1.92 bits per heavy atom. The van der Waals surface area contributed by atoms with Gasteiger partial charge in [0.15, 0.2) is 5.75 Å². The number of anilines is 1. The van der Waals surface area contributed by atoms with Crippen molar-refractivity contribution in [3.8, 4) is 5.75 Å². The third-order valence-corrected chi connectivity index (χ3v) is 4.88. The number of nitrogens with one attached hydrogen (secondary N) is 1. The quantitative estimate of drug-likeness (QED) is 0.554. The highest BCUT2D eigenvalue weighted by Gasteiger charge is 2.22. The van der Waals surface area contributed by atoms with Crippen molar-refractivity contribution < 1.29 is 18.1 Å². The van der Waals surface area contributed by atoms with Crippen LogP contribution in [0.5, 0.6) is 5.75 Å². The Morgan fingerprint density at radius 1 is 1.16 bits per heavy atom. The van der Waals surface area contributed by atoms with Crippen LogP contribution in [0.25, 0.3) is 10.9 Å². The summed E-state index contributed by atoms with van der Waals surface area (Å²) in [5.41, 5.74) is 0.560. The first-order chi connectivity index (χ1) is 11.9. The van der Waals surface area contributed by atoms with Crippen LogP contribution in [0.15, 0.2) is 59.6 Å². The van der Waals surface area contributed by atoms with Gasteiger partial charge in [-0.15, -0.1) is 0 Å². The van der Waals surface area contributed by atoms with E-state index in [1.807, 2.05) is 12.1 Å². The molecule has 0 spiro atoms. The number of para-hydroxylation sites is 1. The summed E-state index contributed by atoms with van der Waals surface area (Å²) in [7, 11) is -2.74. The van der Waals surface area contributed by atoms with Gasteiger partial charge in [0.2, 0.25) is 0 Å². The fourth-order valence-electron chi connectivity index (χ4n) is 2.32. The maximum absolute atomic E-state index is 12.5. The van der Waals surface area contributed by atoms with Crippen LogP contribution in [-0.4, -0.2) is 25.4 Å². The number of sulfonamides is 1. The van der Waals surface area contributed by atoms with Crippen LogP contribution >= 0.6 is 0 Å². The predicted octanol–water partition coefficient (Wildman–Crippen LogP) is 2.95. The lowest BCUT2D eigenvalue weighted by atomic mass is 10.2. The lowest BCUT2D eigenvalue weighted by molar-refractivity contribution is -0.386. The highest BCUT2D eigenvalue weighted by molar-refractivity contribution is 7.92. The number of ether oxygens (including phenoxy) is 1. The van der Waals surface area contributed by atoms with E-state index < -0.39 is 20.6 Å². The third-order valence-electron chi connectivity index (χ3n) is 3.50. The predicted molar refractivity (Wildman–Crippen MR) is 92.2 cm³/mol. The first-order valence-corrected chi connectivity index (χ1v) is 8.59. The first-order valence-electron chi connectivity index (χ1n) is 7.11. The van der Waals surface area contributed by atoms with Gasteiger partial charge in [0, 0.05) is 11.5 Å². The Bertz CT molecular complexity index is 1070. The maximum atomic E-state index is 12.5. The number of nitro groups is 1. The second-order valence-electron chi connectivity index (χ2n) is 5.11. The van der Waals surface area contributed by atoms with Gasteiger partial charge in [-0.2, -0.15) is 0 Å². The molecular weight excluding hydrogens is 346 g/mol. The summed E-state index contributed by atoms with van der Waals surface area (Å²) in [5.74, 6) is -0.0173. The molecule has 0 saturated heterocycles. The number of aromatic nitrogens is 1. The minimum absolute atomic E-state index is 0.0173. The standard InChI is InChI=1S/C16H13N3O5S/c1-24-16-7-6-13(9-15(16)19(20)21)25(22,23)18-12-8-11-4-2-3-5-14(11)17-10-12/h2-10,18H,1H3. The summed E-state index contributed by atoms with van der Waals surface area (Å²) in [6.07, 6.45) is 1.39. The molecule has 0 aliphatic carbocycles. The number of pyridine rings is 1. The largest absolute Gasteiger partial charge is 0.490 e. The molecule has 3 aromatic rings. The first kappa shape index (κ1) is 16.7. The number of nitrogens with zero attached hydrogens (tertiary/aromatic N) is 2. The molecule has 0 aliphatic heterocycles. The Balaban J connectivity index is 1.98. The molecule has 3 rings (SSSR count). The van der Waals surface area contributed by atoms with Gasteiger partial charge in [-0.05, 0) is 24.3 Å². The molecule has 0 amide bonds. The topological polar surface area (TPSA) is 111 Å². The number of benzene rings is 2. The van der Waals surface area contributed by atoms with Crippen LogP contribution in [0.4, 0.5) is 11.4 Å². The maximum Gasteiger partial charge on any atom is 0.312 e. The molecular formula is C16H13N3O5S. The lowest BCUT2D eigenvalue weighted by Crippen LogP contribution is -2.13. The van der Waals surface area contributed by atoms with E-state index in [0.717, 1.165) is 17.0 Å².